The molecule has 3 N–H and O–H groups in total. The number of hydrogen-bond acceptors (Lipinski definition) is 5. The van der Waals surface area contributed by atoms with Crippen LogP contribution < -0.4 is 11.1 Å². The van der Waals surface area contributed by atoms with Crippen molar-refractivity contribution in [1.29, 1.82) is 5.26 Å². The summed E-state index contributed by atoms with van der Waals surface area (Å²) in [5.74, 6) is -1.51. The fraction of sp³-hybridized carbons (Fsp3) is 0.250. The fourth-order valence-corrected chi connectivity index (χ4v) is 1.47. The molecule has 0 spiro atoms. The molecule has 1 atom stereocenters. The van der Waals surface area contributed by atoms with Gasteiger partial charge in [0.05, 0.1) is 17.2 Å². The van der Waals surface area contributed by atoms with Crippen molar-refractivity contribution in [2.75, 3.05) is 11.9 Å². The van der Waals surface area contributed by atoms with Crippen LogP contribution in [-0.4, -0.2) is 24.5 Å². The minimum absolute atomic E-state index is 0.141. The molecule has 100 valence electrons. The van der Waals surface area contributed by atoms with Crippen molar-refractivity contribution in [3.8, 4) is 6.07 Å². The summed E-state index contributed by atoms with van der Waals surface area (Å²) in [6.07, 6.45) is 0. The summed E-state index contributed by atoms with van der Waals surface area (Å²) in [6, 6.07) is 4.82. The Kier molecular flexibility index (Phi) is 5.30. The maximum atomic E-state index is 11.6. The van der Waals surface area contributed by atoms with Crippen LogP contribution in [0.15, 0.2) is 18.2 Å². The maximum Gasteiger partial charge on any atom is 0.332 e. The first-order valence-corrected chi connectivity index (χ1v) is 5.80. The van der Waals surface area contributed by atoms with Crippen LogP contribution in [0.1, 0.15) is 12.5 Å². The zero-order chi connectivity index (χ0) is 14.4. The van der Waals surface area contributed by atoms with Gasteiger partial charge in [-0.15, -0.1) is 0 Å². The number of benzene rings is 1. The van der Waals surface area contributed by atoms with Crippen LogP contribution in [0.2, 0.25) is 5.02 Å². The molecule has 0 bridgehead atoms. The Labute approximate surface area is 115 Å². The Balaban J connectivity index is 2.75. The standard InChI is InChI=1S/C12H12ClN3O3/c1-2-19-12(18)10(15)11(17)16-8-4-3-7(6-14)9(13)5-8/h3-5,10H,2,15H2,1H3,(H,16,17). The van der Waals surface area contributed by atoms with E-state index in [1.54, 1.807) is 6.92 Å². The number of ether oxygens (including phenoxy) is 1. The summed E-state index contributed by atoms with van der Waals surface area (Å²) < 4.78 is 4.63. The number of nitriles is 1. The second-order valence-electron chi connectivity index (χ2n) is 3.53. The number of anilines is 1. The Morgan fingerprint density at radius 3 is 2.79 bits per heavy atom. The highest BCUT2D eigenvalue weighted by Gasteiger charge is 2.23. The number of rotatable bonds is 4. The van der Waals surface area contributed by atoms with Gasteiger partial charge in [0.1, 0.15) is 6.07 Å². The molecule has 0 aliphatic heterocycles. The number of carbonyl (C=O) groups is 2. The van der Waals surface area contributed by atoms with Gasteiger partial charge in [-0.2, -0.15) is 5.26 Å². The van der Waals surface area contributed by atoms with Crippen molar-refractivity contribution < 1.29 is 14.3 Å². The van der Waals surface area contributed by atoms with Gasteiger partial charge in [-0.3, -0.25) is 4.79 Å². The van der Waals surface area contributed by atoms with E-state index in [9.17, 15) is 9.59 Å². The van der Waals surface area contributed by atoms with E-state index in [2.05, 4.69) is 10.1 Å². The monoisotopic (exact) mass is 281 g/mol. The smallest absolute Gasteiger partial charge is 0.332 e. The summed E-state index contributed by atoms with van der Waals surface area (Å²) in [6.45, 7) is 1.76. The number of hydrogen-bond donors (Lipinski definition) is 2. The molecular formula is C12H12ClN3O3. The third-order valence-electron chi connectivity index (χ3n) is 2.18. The number of nitrogens with two attached hydrogens (primary N) is 1. The van der Waals surface area contributed by atoms with Gasteiger partial charge in [-0.05, 0) is 25.1 Å². The average molecular weight is 282 g/mol. The molecule has 1 unspecified atom stereocenters. The van der Waals surface area contributed by atoms with E-state index in [0.717, 1.165) is 0 Å². The normalized spacial score (nSPS) is 11.3. The number of esters is 1. The fourth-order valence-electron chi connectivity index (χ4n) is 1.24. The second kappa shape index (κ2) is 6.73. The first-order chi connectivity index (χ1) is 8.99. The van der Waals surface area contributed by atoms with Gasteiger partial charge in [-0.25, -0.2) is 4.79 Å². The molecule has 0 saturated heterocycles. The zero-order valence-corrected chi connectivity index (χ0v) is 10.9. The largest absolute Gasteiger partial charge is 0.464 e. The van der Waals surface area contributed by atoms with E-state index in [-0.39, 0.29) is 17.2 Å². The molecule has 0 aliphatic carbocycles. The third-order valence-corrected chi connectivity index (χ3v) is 2.49. The molecule has 1 aromatic rings. The summed E-state index contributed by atoms with van der Waals surface area (Å²) in [4.78, 5) is 22.9. The minimum Gasteiger partial charge on any atom is -0.464 e. The minimum atomic E-state index is -1.41. The van der Waals surface area contributed by atoms with Crippen molar-refractivity contribution in [1.82, 2.24) is 0 Å². The van der Waals surface area contributed by atoms with Crippen LogP contribution in [0.25, 0.3) is 0 Å². The van der Waals surface area contributed by atoms with Crippen molar-refractivity contribution in [3.63, 3.8) is 0 Å². The average Bonchev–Trinajstić information content (AvgIpc) is 2.38. The molecule has 7 heteroatoms. The number of carbonyl (C=O) groups excluding carboxylic acids is 2. The maximum absolute atomic E-state index is 11.6. The Morgan fingerprint density at radius 1 is 1.58 bits per heavy atom. The van der Waals surface area contributed by atoms with Crippen molar-refractivity contribution in [2.45, 2.75) is 13.0 Å². The third kappa shape index (κ3) is 3.95. The molecule has 0 radical (unpaired) electrons. The molecule has 0 aromatic heterocycles. The highest BCUT2D eigenvalue weighted by atomic mass is 35.5. The van der Waals surface area contributed by atoms with E-state index >= 15 is 0 Å². The summed E-state index contributed by atoms with van der Waals surface area (Å²) in [7, 11) is 0. The van der Waals surface area contributed by atoms with E-state index in [0.29, 0.717) is 5.69 Å². The van der Waals surface area contributed by atoms with Crippen LogP contribution >= 0.6 is 11.6 Å². The van der Waals surface area contributed by atoms with E-state index in [4.69, 9.17) is 22.6 Å². The molecule has 1 amide bonds. The van der Waals surface area contributed by atoms with Gasteiger partial charge in [-0.1, -0.05) is 11.6 Å². The van der Waals surface area contributed by atoms with Gasteiger partial charge in [0.25, 0.3) is 5.91 Å². The number of nitrogens with zero attached hydrogens (tertiary/aromatic N) is 1. The topological polar surface area (TPSA) is 105 Å². The zero-order valence-electron chi connectivity index (χ0n) is 10.1. The van der Waals surface area contributed by atoms with Crippen molar-refractivity contribution in [2.24, 2.45) is 5.73 Å². The second-order valence-corrected chi connectivity index (χ2v) is 3.93. The van der Waals surface area contributed by atoms with Crippen LogP contribution in [-0.2, 0) is 14.3 Å². The van der Waals surface area contributed by atoms with Crippen LogP contribution in [0.3, 0.4) is 0 Å². The molecular weight excluding hydrogens is 270 g/mol. The predicted molar refractivity (Wildman–Crippen MR) is 69.4 cm³/mol. The van der Waals surface area contributed by atoms with Crippen molar-refractivity contribution >= 4 is 29.2 Å². The molecule has 0 heterocycles. The van der Waals surface area contributed by atoms with E-state index in [1.807, 2.05) is 6.07 Å². The highest BCUT2D eigenvalue weighted by Crippen LogP contribution is 2.20. The number of nitrogens with one attached hydrogen (secondary N) is 1. The number of halogens is 1. The lowest BCUT2D eigenvalue weighted by Crippen LogP contribution is -2.43. The van der Waals surface area contributed by atoms with Gasteiger partial charge in [0.2, 0.25) is 0 Å². The highest BCUT2D eigenvalue weighted by molar-refractivity contribution is 6.32. The molecule has 0 saturated carbocycles. The van der Waals surface area contributed by atoms with E-state index < -0.39 is 17.9 Å². The molecule has 6 nitrogen and oxygen atoms in total. The van der Waals surface area contributed by atoms with Crippen LogP contribution in [0.5, 0.6) is 0 Å². The summed E-state index contributed by atoms with van der Waals surface area (Å²) in [5.41, 5.74) is 6.04. The summed E-state index contributed by atoms with van der Waals surface area (Å²) >= 11 is 5.81. The quantitative estimate of drug-likeness (QED) is 0.634. The van der Waals surface area contributed by atoms with Gasteiger partial charge in [0.15, 0.2) is 6.04 Å². The van der Waals surface area contributed by atoms with Crippen LogP contribution in [0.4, 0.5) is 5.69 Å². The lowest BCUT2D eigenvalue weighted by molar-refractivity contribution is -0.146. The first-order valence-electron chi connectivity index (χ1n) is 5.42. The molecule has 1 rings (SSSR count). The Bertz CT molecular complexity index is 540. The SMILES string of the molecule is CCOC(=O)C(N)C(=O)Nc1ccc(C#N)c(Cl)c1. The van der Waals surface area contributed by atoms with Crippen molar-refractivity contribution in [3.05, 3.63) is 28.8 Å². The Morgan fingerprint density at radius 2 is 2.26 bits per heavy atom. The van der Waals surface area contributed by atoms with Gasteiger partial charge in [0, 0.05) is 5.69 Å². The van der Waals surface area contributed by atoms with E-state index in [1.165, 1.54) is 18.2 Å². The molecule has 0 aliphatic rings. The summed E-state index contributed by atoms with van der Waals surface area (Å²) in [5, 5.41) is 11.3. The Hall–Kier alpha value is -2.10. The van der Waals surface area contributed by atoms with Gasteiger partial charge < -0.3 is 15.8 Å². The molecule has 19 heavy (non-hydrogen) atoms. The molecule has 1 aromatic carbocycles. The lowest BCUT2D eigenvalue weighted by atomic mass is 10.2. The predicted octanol–water partition coefficient (Wildman–Crippen LogP) is 1.04. The first kappa shape index (κ1) is 15.0. The lowest BCUT2D eigenvalue weighted by Gasteiger charge is -2.11. The molecule has 0 fully saturated rings. The van der Waals surface area contributed by atoms with Crippen LogP contribution in [0, 0.1) is 11.3 Å². The number of amides is 1. The van der Waals surface area contributed by atoms with Gasteiger partial charge >= 0.3 is 5.97 Å².